The van der Waals surface area contributed by atoms with Crippen molar-refractivity contribution < 1.29 is 27.1 Å². The number of amides is 2. The molecule has 2 amide bonds. The number of anilines is 1. The van der Waals surface area contributed by atoms with Gasteiger partial charge in [0.1, 0.15) is 24.2 Å². The van der Waals surface area contributed by atoms with E-state index in [0.717, 1.165) is 9.87 Å². The highest BCUT2D eigenvalue weighted by atomic mass is 79.9. The average Bonchev–Trinajstić information content (AvgIpc) is 2.95. The van der Waals surface area contributed by atoms with Crippen molar-refractivity contribution in [3.8, 4) is 5.75 Å². The van der Waals surface area contributed by atoms with Gasteiger partial charge in [0.25, 0.3) is 10.0 Å². The van der Waals surface area contributed by atoms with Crippen LogP contribution in [0.25, 0.3) is 0 Å². The number of hydrogen-bond acceptors (Lipinski definition) is 5. The molecule has 0 spiro atoms. The lowest BCUT2D eigenvalue weighted by Crippen LogP contribution is -2.52. The molecule has 0 aliphatic heterocycles. The monoisotopic (exact) mass is 647 g/mol. The number of carbonyl (C=O) groups is 2. The summed E-state index contributed by atoms with van der Waals surface area (Å²) in [6.45, 7) is 6.32. The molecule has 3 aromatic carbocycles. The van der Waals surface area contributed by atoms with E-state index >= 15 is 0 Å². The lowest BCUT2D eigenvalue weighted by molar-refractivity contribution is -0.139. The summed E-state index contributed by atoms with van der Waals surface area (Å²) >= 11 is 3.33. The van der Waals surface area contributed by atoms with Crippen LogP contribution in [0.1, 0.15) is 38.3 Å². The van der Waals surface area contributed by atoms with Gasteiger partial charge < -0.3 is 15.0 Å². The number of sulfonamides is 1. The summed E-state index contributed by atoms with van der Waals surface area (Å²) in [6, 6.07) is 15.8. The van der Waals surface area contributed by atoms with Gasteiger partial charge in [0.2, 0.25) is 11.8 Å². The summed E-state index contributed by atoms with van der Waals surface area (Å²) in [4.78, 5) is 28.2. The third kappa shape index (κ3) is 7.85. The molecule has 0 bridgehead atoms. The Morgan fingerprint density at radius 3 is 2.29 bits per heavy atom. The Morgan fingerprint density at radius 2 is 1.71 bits per heavy atom. The molecule has 41 heavy (non-hydrogen) atoms. The lowest BCUT2D eigenvalue weighted by atomic mass is 10.1. The number of benzene rings is 3. The quantitative estimate of drug-likeness (QED) is 0.283. The molecule has 0 saturated carbocycles. The van der Waals surface area contributed by atoms with Crippen molar-refractivity contribution in [1.82, 2.24) is 10.2 Å². The molecular formula is C30H35BrFN3O5S. The van der Waals surface area contributed by atoms with Crippen LogP contribution < -0.4 is 14.4 Å². The molecule has 0 aromatic heterocycles. The molecule has 0 aliphatic carbocycles. The summed E-state index contributed by atoms with van der Waals surface area (Å²) in [5.41, 5.74) is 1.37. The van der Waals surface area contributed by atoms with Gasteiger partial charge in [-0.3, -0.25) is 13.9 Å². The molecule has 220 valence electrons. The van der Waals surface area contributed by atoms with E-state index in [9.17, 15) is 22.4 Å². The van der Waals surface area contributed by atoms with Gasteiger partial charge in [0.15, 0.2) is 0 Å². The van der Waals surface area contributed by atoms with Gasteiger partial charge in [0.05, 0.1) is 22.2 Å². The minimum atomic E-state index is -4.27. The molecule has 2 atom stereocenters. The largest absolute Gasteiger partial charge is 0.496 e. The minimum absolute atomic E-state index is 0.0678. The number of ether oxygens (including phenoxy) is 1. The highest BCUT2D eigenvalue weighted by Crippen LogP contribution is 2.31. The molecule has 0 saturated heterocycles. The van der Waals surface area contributed by atoms with Gasteiger partial charge in [-0.25, -0.2) is 12.8 Å². The second-order valence-electron chi connectivity index (χ2n) is 9.75. The summed E-state index contributed by atoms with van der Waals surface area (Å²) in [5, 5.41) is 2.85. The van der Waals surface area contributed by atoms with Crippen molar-refractivity contribution in [2.75, 3.05) is 18.0 Å². The second kappa shape index (κ2) is 14.0. The van der Waals surface area contributed by atoms with Crippen LogP contribution in [0.5, 0.6) is 5.75 Å². The number of aryl methyl sites for hydroxylation is 1. The maximum atomic E-state index is 14.7. The minimum Gasteiger partial charge on any atom is -0.496 e. The first-order valence-corrected chi connectivity index (χ1v) is 15.4. The molecule has 0 aliphatic rings. The zero-order valence-electron chi connectivity index (χ0n) is 23.7. The Balaban J connectivity index is 2.06. The standard InChI is InChI=1S/C30H35BrFN3O5S/c1-6-21(3)33-30(37)22(4)34(18-23-9-7-8-10-27(23)32)29(36)19-35(24-13-11-20(2)12-14-24)41(38,39)25-15-16-28(40-5)26(31)17-25/h7-17,21-22H,6,18-19H2,1-5H3,(H,33,37)/t21-,22-/m1/s1. The van der Waals surface area contributed by atoms with Crippen LogP contribution in [0, 0.1) is 12.7 Å². The third-order valence-corrected chi connectivity index (χ3v) is 9.17. The van der Waals surface area contributed by atoms with E-state index in [1.807, 2.05) is 20.8 Å². The van der Waals surface area contributed by atoms with E-state index in [-0.39, 0.29) is 28.7 Å². The average molecular weight is 649 g/mol. The maximum absolute atomic E-state index is 14.7. The highest BCUT2D eigenvalue weighted by Gasteiger charge is 2.33. The topological polar surface area (TPSA) is 96.0 Å². The second-order valence-corrected chi connectivity index (χ2v) is 12.5. The van der Waals surface area contributed by atoms with E-state index < -0.39 is 40.2 Å². The molecule has 0 radical (unpaired) electrons. The predicted octanol–water partition coefficient (Wildman–Crippen LogP) is 5.43. The van der Waals surface area contributed by atoms with Crippen molar-refractivity contribution in [2.45, 2.75) is 57.6 Å². The fraction of sp³-hybridized carbons (Fsp3) is 0.333. The molecule has 11 heteroatoms. The fourth-order valence-corrected chi connectivity index (χ4v) is 6.17. The third-order valence-electron chi connectivity index (χ3n) is 6.78. The number of hydrogen-bond donors (Lipinski definition) is 1. The summed E-state index contributed by atoms with van der Waals surface area (Å²) in [5.74, 6) is -1.19. The number of carbonyl (C=O) groups excluding carboxylic acids is 2. The first-order chi connectivity index (χ1) is 19.4. The van der Waals surface area contributed by atoms with E-state index in [4.69, 9.17) is 4.74 Å². The fourth-order valence-electron chi connectivity index (χ4n) is 4.03. The van der Waals surface area contributed by atoms with E-state index in [0.29, 0.717) is 16.6 Å². The van der Waals surface area contributed by atoms with Crippen LogP contribution in [0.2, 0.25) is 0 Å². The lowest BCUT2D eigenvalue weighted by Gasteiger charge is -2.32. The molecule has 0 unspecified atom stereocenters. The maximum Gasteiger partial charge on any atom is 0.264 e. The summed E-state index contributed by atoms with van der Waals surface area (Å²) in [6.07, 6.45) is 0.677. The molecule has 3 rings (SSSR count). The van der Waals surface area contributed by atoms with Gasteiger partial charge >= 0.3 is 0 Å². The Bertz CT molecular complexity index is 1480. The molecule has 8 nitrogen and oxygen atoms in total. The Morgan fingerprint density at radius 1 is 1.05 bits per heavy atom. The van der Waals surface area contributed by atoms with Crippen LogP contribution in [0.15, 0.2) is 76.1 Å². The first-order valence-electron chi connectivity index (χ1n) is 13.1. The molecule has 0 heterocycles. The number of nitrogens with one attached hydrogen (secondary N) is 1. The van der Waals surface area contributed by atoms with Gasteiger partial charge in [-0.1, -0.05) is 42.8 Å². The van der Waals surface area contributed by atoms with Crippen molar-refractivity contribution in [3.63, 3.8) is 0 Å². The van der Waals surface area contributed by atoms with Crippen LogP contribution >= 0.6 is 15.9 Å². The van der Waals surface area contributed by atoms with Crippen molar-refractivity contribution in [3.05, 3.63) is 88.1 Å². The van der Waals surface area contributed by atoms with E-state index in [2.05, 4.69) is 21.2 Å². The molecule has 1 N–H and O–H groups in total. The Labute approximate surface area is 249 Å². The van der Waals surface area contributed by atoms with Crippen LogP contribution in [-0.4, -0.2) is 50.9 Å². The van der Waals surface area contributed by atoms with E-state index in [1.54, 1.807) is 37.3 Å². The zero-order chi connectivity index (χ0) is 30.3. The summed E-state index contributed by atoms with van der Waals surface area (Å²) < 4.78 is 49.3. The predicted molar refractivity (Wildman–Crippen MR) is 161 cm³/mol. The molecule has 3 aromatic rings. The van der Waals surface area contributed by atoms with Crippen LogP contribution in [-0.2, 0) is 26.2 Å². The van der Waals surface area contributed by atoms with Crippen molar-refractivity contribution in [1.29, 1.82) is 0 Å². The number of halogens is 2. The van der Waals surface area contributed by atoms with Gasteiger partial charge in [-0.15, -0.1) is 0 Å². The number of nitrogens with zero attached hydrogens (tertiary/aromatic N) is 2. The SMILES string of the molecule is CC[C@@H](C)NC(=O)[C@@H](C)N(Cc1ccccc1F)C(=O)CN(c1ccc(C)cc1)S(=O)(=O)c1ccc(OC)c(Br)c1. The smallest absolute Gasteiger partial charge is 0.264 e. The van der Waals surface area contributed by atoms with Gasteiger partial charge in [-0.2, -0.15) is 0 Å². The van der Waals surface area contributed by atoms with Crippen molar-refractivity contribution >= 4 is 43.5 Å². The van der Waals surface area contributed by atoms with Crippen molar-refractivity contribution in [2.24, 2.45) is 0 Å². The van der Waals surface area contributed by atoms with Gasteiger partial charge in [0, 0.05) is 18.2 Å². The van der Waals surface area contributed by atoms with Crippen LogP contribution in [0.3, 0.4) is 0 Å². The highest BCUT2D eigenvalue weighted by molar-refractivity contribution is 9.10. The Hall–Kier alpha value is -3.44. The van der Waals surface area contributed by atoms with E-state index in [1.165, 1.54) is 48.4 Å². The normalized spacial score (nSPS) is 12.8. The first kappa shape index (κ1) is 32.1. The molecular weight excluding hydrogens is 613 g/mol. The number of methoxy groups -OCH3 is 1. The summed E-state index contributed by atoms with van der Waals surface area (Å²) in [7, 11) is -2.80. The molecule has 0 fully saturated rings. The number of rotatable bonds is 12. The van der Waals surface area contributed by atoms with Gasteiger partial charge in [-0.05, 0) is 79.5 Å². The Kier molecular flexibility index (Phi) is 10.9. The zero-order valence-corrected chi connectivity index (χ0v) is 26.1. The van der Waals surface area contributed by atoms with Crippen LogP contribution in [0.4, 0.5) is 10.1 Å².